The summed E-state index contributed by atoms with van der Waals surface area (Å²) in [6, 6.07) is 0.747. The molecule has 3 unspecified atom stereocenters. The van der Waals surface area contributed by atoms with Gasteiger partial charge in [0, 0.05) is 6.04 Å². The molecular formula is C13H27N. The average Bonchev–Trinajstić information content (AvgIpc) is 2.35. The zero-order valence-electron chi connectivity index (χ0n) is 10.6. The summed E-state index contributed by atoms with van der Waals surface area (Å²) in [7, 11) is 2.12. The standard InChI is InChI=1S/C13H27N/c1-6-7-12(14-5)11-9-13(3,4)8-10(11)2/h10-12,14H,6-9H2,1-5H3. The van der Waals surface area contributed by atoms with E-state index < -0.39 is 0 Å². The molecule has 1 heteroatoms. The van der Waals surface area contributed by atoms with Gasteiger partial charge in [-0.2, -0.15) is 0 Å². The minimum Gasteiger partial charge on any atom is -0.317 e. The fourth-order valence-electron chi connectivity index (χ4n) is 3.37. The minimum atomic E-state index is 0.576. The van der Waals surface area contributed by atoms with Gasteiger partial charge in [-0.3, -0.25) is 0 Å². The van der Waals surface area contributed by atoms with E-state index >= 15 is 0 Å². The van der Waals surface area contributed by atoms with Crippen LogP contribution in [0.15, 0.2) is 0 Å². The molecule has 1 aliphatic rings. The Morgan fingerprint density at radius 2 is 2.00 bits per heavy atom. The summed E-state index contributed by atoms with van der Waals surface area (Å²) in [5.74, 6) is 1.80. The van der Waals surface area contributed by atoms with Crippen molar-refractivity contribution >= 4 is 0 Å². The number of hydrogen-bond donors (Lipinski definition) is 1. The molecule has 0 aromatic carbocycles. The molecule has 84 valence electrons. The van der Waals surface area contributed by atoms with Crippen LogP contribution in [0.25, 0.3) is 0 Å². The normalized spacial score (nSPS) is 33.2. The number of rotatable bonds is 4. The molecule has 1 N–H and O–H groups in total. The molecule has 0 heterocycles. The summed E-state index contributed by atoms with van der Waals surface area (Å²) in [6.07, 6.45) is 5.44. The van der Waals surface area contributed by atoms with Gasteiger partial charge in [0.15, 0.2) is 0 Å². The van der Waals surface area contributed by atoms with Gasteiger partial charge in [-0.25, -0.2) is 0 Å². The third-order valence-electron chi connectivity index (χ3n) is 3.88. The van der Waals surface area contributed by atoms with Gasteiger partial charge in [-0.15, -0.1) is 0 Å². The highest BCUT2D eigenvalue weighted by atomic mass is 14.9. The Bertz CT molecular complexity index is 174. The Hall–Kier alpha value is -0.0400. The molecule has 0 saturated heterocycles. The van der Waals surface area contributed by atoms with Crippen LogP contribution in [0.3, 0.4) is 0 Å². The first-order chi connectivity index (χ1) is 6.50. The molecule has 0 aromatic heterocycles. The van der Waals surface area contributed by atoms with Crippen molar-refractivity contribution in [3.8, 4) is 0 Å². The van der Waals surface area contributed by atoms with Crippen LogP contribution in [0.4, 0.5) is 0 Å². The van der Waals surface area contributed by atoms with E-state index in [-0.39, 0.29) is 0 Å². The second-order valence-corrected chi connectivity index (χ2v) is 5.90. The zero-order chi connectivity index (χ0) is 10.8. The van der Waals surface area contributed by atoms with Gasteiger partial charge < -0.3 is 5.32 Å². The van der Waals surface area contributed by atoms with Crippen LogP contribution >= 0.6 is 0 Å². The summed E-state index contributed by atoms with van der Waals surface area (Å²) in [5, 5.41) is 3.51. The lowest BCUT2D eigenvalue weighted by molar-refractivity contribution is 0.285. The lowest BCUT2D eigenvalue weighted by Crippen LogP contribution is -2.35. The van der Waals surface area contributed by atoms with E-state index in [9.17, 15) is 0 Å². The monoisotopic (exact) mass is 197 g/mol. The Balaban J connectivity index is 2.58. The quantitative estimate of drug-likeness (QED) is 0.728. The molecule has 1 rings (SSSR count). The molecule has 0 radical (unpaired) electrons. The zero-order valence-corrected chi connectivity index (χ0v) is 10.6. The first kappa shape index (κ1) is 12.0. The van der Waals surface area contributed by atoms with Crippen molar-refractivity contribution in [1.29, 1.82) is 0 Å². The van der Waals surface area contributed by atoms with Crippen molar-refractivity contribution in [1.82, 2.24) is 5.32 Å². The van der Waals surface area contributed by atoms with Crippen LogP contribution in [0.1, 0.15) is 53.4 Å². The highest BCUT2D eigenvalue weighted by Gasteiger charge is 2.39. The summed E-state index contributed by atoms with van der Waals surface area (Å²) in [6.45, 7) is 9.55. The Morgan fingerprint density at radius 3 is 2.36 bits per heavy atom. The highest BCUT2D eigenvalue weighted by Crippen LogP contribution is 2.46. The van der Waals surface area contributed by atoms with E-state index in [1.807, 2.05) is 0 Å². The van der Waals surface area contributed by atoms with Gasteiger partial charge in [0.1, 0.15) is 0 Å². The molecule has 3 atom stereocenters. The second-order valence-electron chi connectivity index (χ2n) is 5.90. The first-order valence-electron chi connectivity index (χ1n) is 6.17. The van der Waals surface area contributed by atoms with Gasteiger partial charge in [0.05, 0.1) is 0 Å². The lowest BCUT2D eigenvalue weighted by atomic mass is 9.86. The molecule has 0 amide bonds. The molecular weight excluding hydrogens is 170 g/mol. The molecule has 1 saturated carbocycles. The number of hydrogen-bond acceptors (Lipinski definition) is 1. The van der Waals surface area contributed by atoms with Crippen LogP contribution < -0.4 is 5.32 Å². The van der Waals surface area contributed by atoms with Crippen molar-refractivity contribution in [2.75, 3.05) is 7.05 Å². The van der Waals surface area contributed by atoms with E-state index in [2.05, 4.69) is 40.1 Å². The second kappa shape index (κ2) is 4.65. The summed E-state index contributed by atoms with van der Waals surface area (Å²) < 4.78 is 0. The van der Waals surface area contributed by atoms with Crippen LogP contribution in [-0.2, 0) is 0 Å². The maximum absolute atomic E-state index is 3.51. The molecule has 1 nitrogen and oxygen atoms in total. The molecule has 14 heavy (non-hydrogen) atoms. The fourth-order valence-corrected chi connectivity index (χ4v) is 3.37. The topological polar surface area (TPSA) is 12.0 Å². The molecule has 0 aliphatic heterocycles. The van der Waals surface area contributed by atoms with E-state index in [4.69, 9.17) is 0 Å². The minimum absolute atomic E-state index is 0.576. The summed E-state index contributed by atoms with van der Waals surface area (Å²) >= 11 is 0. The Morgan fingerprint density at radius 1 is 1.36 bits per heavy atom. The van der Waals surface area contributed by atoms with Crippen LogP contribution in [-0.4, -0.2) is 13.1 Å². The van der Waals surface area contributed by atoms with Gasteiger partial charge in [0.25, 0.3) is 0 Å². The summed E-state index contributed by atoms with van der Waals surface area (Å²) in [4.78, 5) is 0. The Kier molecular flexibility index (Phi) is 4.00. The third-order valence-corrected chi connectivity index (χ3v) is 3.88. The fraction of sp³-hybridized carbons (Fsp3) is 1.00. The average molecular weight is 197 g/mol. The van der Waals surface area contributed by atoms with Gasteiger partial charge in [-0.05, 0) is 43.6 Å². The van der Waals surface area contributed by atoms with E-state index in [1.165, 1.54) is 25.7 Å². The van der Waals surface area contributed by atoms with Crippen molar-refractivity contribution in [2.45, 2.75) is 59.4 Å². The maximum Gasteiger partial charge on any atom is 0.00949 e. The third kappa shape index (κ3) is 2.73. The summed E-state index contributed by atoms with van der Waals surface area (Å²) in [5.41, 5.74) is 0.576. The molecule has 1 fully saturated rings. The van der Waals surface area contributed by atoms with Crippen LogP contribution in [0, 0.1) is 17.3 Å². The maximum atomic E-state index is 3.51. The number of nitrogens with one attached hydrogen (secondary N) is 1. The van der Waals surface area contributed by atoms with Crippen molar-refractivity contribution in [3.63, 3.8) is 0 Å². The molecule has 0 bridgehead atoms. The van der Waals surface area contributed by atoms with Crippen molar-refractivity contribution in [2.24, 2.45) is 17.3 Å². The predicted octanol–water partition coefficient (Wildman–Crippen LogP) is 3.45. The SMILES string of the molecule is CCCC(NC)C1CC(C)(C)CC1C. The lowest BCUT2D eigenvalue weighted by Gasteiger charge is -2.26. The van der Waals surface area contributed by atoms with E-state index in [0.29, 0.717) is 5.41 Å². The van der Waals surface area contributed by atoms with Crippen molar-refractivity contribution < 1.29 is 0 Å². The van der Waals surface area contributed by atoms with Crippen LogP contribution in [0.5, 0.6) is 0 Å². The molecule has 1 aliphatic carbocycles. The highest BCUT2D eigenvalue weighted by molar-refractivity contribution is 4.92. The van der Waals surface area contributed by atoms with Gasteiger partial charge in [0.2, 0.25) is 0 Å². The molecule has 0 aromatic rings. The predicted molar refractivity (Wildman–Crippen MR) is 63.4 cm³/mol. The Labute approximate surface area is 89.7 Å². The molecule has 0 spiro atoms. The van der Waals surface area contributed by atoms with Gasteiger partial charge >= 0.3 is 0 Å². The van der Waals surface area contributed by atoms with Crippen molar-refractivity contribution in [3.05, 3.63) is 0 Å². The largest absolute Gasteiger partial charge is 0.317 e. The smallest absolute Gasteiger partial charge is 0.00949 e. The van der Waals surface area contributed by atoms with Crippen LogP contribution in [0.2, 0.25) is 0 Å². The van der Waals surface area contributed by atoms with E-state index in [1.54, 1.807) is 0 Å². The van der Waals surface area contributed by atoms with Gasteiger partial charge in [-0.1, -0.05) is 34.1 Å². The van der Waals surface area contributed by atoms with E-state index in [0.717, 1.165) is 17.9 Å². The first-order valence-corrected chi connectivity index (χ1v) is 6.17.